The fraction of sp³-hybridized carbons (Fsp3) is 0.538. The third kappa shape index (κ3) is 2.41. The minimum Gasteiger partial charge on any atom is -0.336 e. The van der Waals surface area contributed by atoms with Crippen LogP contribution >= 0.6 is 0 Å². The first-order chi connectivity index (χ1) is 9.25. The minimum absolute atomic E-state index is 0.159. The molecule has 2 aliphatic rings. The van der Waals surface area contributed by atoms with Crippen LogP contribution in [-0.2, 0) is 0 Å². The zero-order chi connectivity index (χ0) is 13.2. The van der Waals surface area contributed by atoms with E-state index in [1.807, 2.05) is 0 Å². The van der Waals surface area contributed by atoms with Gasteiger partial charge in [-0.25, -0.2) is 0 Å². The van der Waals surface area contributed by atoms with Gasteiger partial charge < -0.3 is 15.2 Å². The summed E-state index contributed by atoms with van der Waals surface area (Å²) in [6.45, 7) is 5.28. The fourth-order valence-corrected chi connectivity index (χ4v) is 2.58. The second-order valence-electron chi connectivity index (χ2n) is 5.05. The van der Waals surface area contributed by atoms with Gasteiger partial charge in [-0.05, 0) is 12.1 Å². The van der Waals surface area contributed by atoms with E-state index < -0.39 is 0 Å². The first-order valence-corrected chi connectivity index (χ1v) is 6.67. The standard InChI is InChI=1S/C13H18N4O2/c18-12-11(2-1-3-15-12)13(19)17-6-4-16(5-7-17)10-8-14-9-10/h1-3,10,14H,4-9H2,(H,15,18). The van der Waals surface area contributed by atoms with Crippen LogP contribution in [0.1, 0.15) is 10.4 Å². The molecule has 0 radical (unpaired) electrons. The lowest BCUT2D eigenvalue weighted by atomic mass is 10.1. The first-order valence-electron chi connectivity index (χ1n) is 6.67. The van der Waals surface area contributed by atoms with E-state index in [2.05, 4.69) is 15.2 Å². The monoisotopic (exact) mass is 262 g/mol. The summed E-state index contributed by atoms with van der Waals surface area (Å²) >= 11 is 0. The van der Waals surface area contributed by atoms with Crippen LogP contribution in [0.3, 0.4) is 0 Å². The molecule has 3 rings (SSSR count). The maximum atomic E-state index is 12.3. The number of aromatic nitrogens is 1. The Bertz CT molecular complexity index is 515. The smallest absolute Gasteiger partial charge is 0.260 e. The van der Waals surface area contributed by atoms with Crippen LogP contribution in [0.2, 0.25) is 0 Å². The summed E-state index contributed by atoms with van der Waals surface area (Å²) in [6, 6.07) is 3.89. The molecule has 0 saturated carbocycles. The highest BCUT2D eigenvalue weighted by atomic mass is 16.2. The van der Waals surface area contributed by atoms with Gasteiger partial charge >= 0.3 is 0 Å². The van der Waals surface area contributed by atoms with Gasteiger partial charge in [0.15, 0.2) is 0 Å². The van der Waals surface area contributed by atoms with Gasteiger partial charge in [-0.3, -0.25) is 14.5 Å². The third-order valence-electron chi connectivity index (χ3n) is 3.93. The molecule has 1 aromatic heterocycles. The maximum Gasteiger partial charge on any atom is 0.260 e. The normalized spacial score (nSPS) is 21.2. The summed E-state index contributed by atoms with van der Waals surface area (Å²) in [5.74, 6) is -0.159. The van der Waals surface area contributed by atoms with E-state index in [9.17, 15) is 9.59 Å². The van der Waals surface area contributed by atoms with E-state index >= 15 is 0 Å². The highest BCUT2D eigenvalue weighted by Crippen LogP contribution is 2.11. The van der Waals surface area contributed by atoms with E-state index in [1.165, 1.54) is 0 Å². The number of rotatable bonds is 2. The third-order valence-corrected chi connectivity index (χ3v) is 3.93. The van der Waals surface area contributed by atoms with Crippen molar-refractivity contribution < 1.29 is 4.79 Å². The Labute approximate surface area is 111 Å². The van der Waals surface area contributed by atoms with Crippen molar-refractivity contribution in [2.24, 2.45) is 0 Å². The van der Waals surface area contributed by atoms with Gasteiger partial charge in [-0.2, -0.15) is 0 Å². The number of piperazine rings is 1. The summed E-state index contributed by atoms with van der Waals surface area (Å²) < 4.78 is 0. The SMILES string of the molecule is O=C(c1ccc[nH]c1=O)N1CCN(C2CNC2)CC1. The second-order valence-corrected chi connectivity index (χ2v) is 5.05. The van der Waals surface area contributed by atoms with Gasteiger partial charge in [0.2, 0.25) is 0 Å². The van der Waals surface area contributed by atoms with Gasteiger partial charge in [-0.1, -0.05) is 0 Å². The number of H-pyrrole nitrogens is 1. The molecule has 2 fully saturated rings. The molecule has 0 atom stereocenters. The number of nitrogens with zero attached hydrogens (tertiary/aromatic N) is 2. The van der Waals surface area contributed by atoms with Crippen molar-refractivity contribution in [2.75, 3.05) is 39.3 Å². The van der Waals surface area contributed by atoms with Gasteiger partial charge in [0.1, 0.15) is 5.56 Å². The molecule has 0 bridgehead atoms. The largest absolute Gasteiger partial charge is 0.336 e. The topological polar surface area (TPSA) is 68.4 Å². The molecule has 2 aliphatic heterocycles. The molecule has 102 valence electrons. The number of hydrogen-bond acceptors (Lipinski definition) is 4. The number of aromatic amines is 1. The molecule has 0 aromatic carbocycles. The number of hydrogen-bond donors (Lipinski definition) is 2. The predicted octanol–water partition coefficient (Wildman–Crippen LogP) is -0.895. The average molecular weight is 262 g/mol. The maximum absolute atomic E-state index is 12.3. The lowest BCUT2D eigenvalue weighted by Gasteiger charge is -2.43. The molecule has 0 aliphatic carbocycles. The summed E-state index contributed by atoms with van der Waals surface area (Å²) in [5.41, 5.74) is -0.0700. The fourth-order valence-electron chi connectivity index (χ4n) is 2.58. The van der Waals surface area contributed by atoms with Gasteiger partial charge in [-0.15, -0.1) is 0 Å². The molecule has 19 heavy (non-hydrogen) atoms. The lowest BCUT2D eigenvalue weighted by Crippen LogP contribution is -2.62. The Hall–Kier alpha value is -1.66. The Morgan fingerprint density at radius 2 is 1.95 bits per heavy atom. The van der Waals surface area contributed by atoms with Crippen LogP contribution in [0.15, 0.2) is 23.1 Å². The van der Waals surface area contributed by atoms with Gasteiger partial charge in [0.05, 0.1) is 0 Å². The Kier molecular flexibility index (Phi) is 3.35. The molecule has 6 heteroatoms. The molecular formula is C13H18N4O2. The summed E-state index contributed by atoms with van der Waals surface area (Å²) in [5, 5.41) is 3.26. The summed E-state index contributed by atoms with van der Waals surface area (Å²) in [7, 11) is 0. The number of carbonyl (C=O) groups is 1. The quantitative estimate of drug-likeness (QED) is 0.725. The second kappa shape index (κ2) is 5.14. The molecule has 2 N–H and O–H groups in total. The van der Waals surface area contributed by atoms with Crippen molar-refractivity contribution in [2.45, 2.75) is 6.04 Å². The molecule has 1 aromatic rings. The number of nitrogens with one attached hydrogen (secondary N) is 2. The Morgan fingerprint density at radius 1 is 1.21 bits per heavy atom. The van der Waals surface area contributed by atoms with Crippen LogP contribution in [-0.4, -0.2) is 66.0 Å². The van der Waals surface area contributed by atoms with Crippen LogP contribution in [0.5, 0.6) is 0 Å². The van der Waals surface area contributed by atoms with E-state index in [-0.39, 0.29) is 17.0 Å². The zero-order valence-corrected chi connectivity index (χ0v) is 10.8. The van der Waals surface area contributed by atoms with E-state index in [0.29, 0.717) is 19.1 Å². The predicted molar refractivity (Wildman–Crippen MR) is 71.2 cm³/mol. The van der Waals surface area contributed by atoms with Crippen LogP contribution < -0.4 is 10.9 Å². The zero-order valence-electron chi connectivity index (χ0n) is 10.8. The van der Waals surface area contributed by atoms with Crippen LogP contribution in [0.4, 0.5) is 0 Å². The molecule has 1 amide bonds. The van der Waals surface area contributed by atoms with Crippen molar-refractivity contribution in [3.63, 3.8) is 0 Å². The first kappa shape index (κ1) is 12.4. The number of pyridine rings is 1. The van der Waals surface area contributed by atoms with Gasteiger partial charge in [0.25, 0.3) is 11.5 Å². The van der Waals surface area contributed by atoms with Crippen molar-refractivity contribution in [1.82, 2.24) is 20.1 Å². The van der Waals surface area contributed by atoms with Crippen molar-refractivity contribution in [1.29, 1.82) is 0 Å². The van der Waals surface area contributed by atoms with Crippen LogP contribution in [0, 0.1) is 0 Å². The molecule has 3 heterocycles. The Morgan fingerprint density at radius 3 is 2.53 bits per heavy atom. The highest BCUT2D eigenvalue weighted by molar-refractivity contribution is 5.93. The van der Waals surface area contributed by atoms with Gasteiger partial charge in [0, 0.05) is 51.5 Å². The molecule has 0 spiro atoms. The molecule has 0 unspecified atom stereocenters. The Balaban J connectivity index is 1.63. The van der Waals surface area contributed by atoms with Crippen molar-refractivity contribution in [3.05, 3.63) is 34.2 Å². The summed E-state index contributed by atoms with van der Waals surface area (Å²) in [4.78, 5) is 30.6. The average Bonchev–Trinajstić information content (AvgIpc) is 2.37. The molecular weight excluding hydrogens is 244 g/mol. The number of amides is 1. The van der Waals surface area contributed by atoms with E-state index in [4.69, 9.17) is 0 Å². The highest BCUT2D eigenvalue weighted by Gasteiger charge is 2.29. The minimum atomic E-state index is -0.307. The number of carbonyl (C=O) groups excluding carboxylic acids is 1. The van der Waals surface area contributed by atoms with E-state index in [1.54, 1.807) is 23.2 Å². The summed E-state index contributed by atoms with van der Waals surface area (Å²) in [6.07, 6.45) is 1.54. The van der Waals surface area contributed by atoms with Crippen molar-refractivity contribution in [3.8, 4) is 0 Å². The molecule has 6 nitrogen and oxygen atoms in total. The van der Waals surface area contributed by atoms with E-state index in [0.717, 1.165) is 26.2 Å². The molecule has 2 saturated heterocycles. The van der Waals surface area contributed by atoms with Crippen LogP contribution in [0.25, 0.3) is 0 Å². The van der Waals surface area contributed by atoms with Crippen molar-refractivity contribution >= 4 is 5.91 Å². The lowest BCUT2D eigenvalue weighted by molar-refractivity contribution is 0.0500.